The van der Waals surface area contributed by atoms with E-state index in [1.165, 1.54) is 5.56 Å². The maximum atomic E-state index is 9.37. The Hall–Kier alpha value is -0.860. The Kier molecular flexibility index (Phi) is 1.98. The number of aliphatic hydroxyl groups excluding tert-OH is 1. The molecule has 0 fully saturated rings. The van der Waals surface area contributed by atoms with Gasteiger partial charge in [0.2, 0.25) is 0 Å². The minimum Gasteiger partial charge on any atom is -0.412 e. The van der Waals surface area contributed by atoms with Crippen LogP contribution < -0.4 is 0 Å². The van der Waals surface area contributed by atoms with Crippen molar-refractivity contribution in [3.8, 4) is 0 Å². The summed E-state index contributed by atoms with van der Waals surface area (Å²) in [6.45, 7) is 2.05. The zero-order valence-electron chi connectivity index (χ0n) is 6.41. The Morgan fingerprint density at radius 3 is 2.27 bits per heavy atom. The topological polar surface area (TPSA) is 51.7 Å². The van der Waals surface area contributed by atoms with Gasteiger partial charge in [0.15, 0.2) is 0 Å². The molecule has 1 aromatic rings. The maximum absolute atomic E-state index is 9.37. The average molecular weight is 152 g/mol. The molecule has 60 valence electrons. The summed E-state index contributed by atoms with van der Waals surface area (Å²) in [7, 11) is 0. The van der Waals surface area contributed by atoms with Crippen LogP contribution in [0.3, 0.4) is 0 Å². The third kappa shape index (κ3) is 0.951. The fourth-order valence-corrected chi connectivity index (χ4v) is 1.54. The largest absolute Gasteiger partial charge is 0.412 e. The first-order valence-corrected chi connectivity index (χ1v) is 3.57. The lowest BCUT2D eigenvalue weighted by atomic mass is 9.76. The van der Waals surface area contributed by atoms with Crippen LogP contribution >= 0.6 is 0 Å². The molecule has 1 aromatic carbocycles. The molecule has 0 saturated carbocycles. The lowest BCUT2D eigenvalue weighted by molar-refractivity contribution is 0.123. The number of hydrogen-bond acceptors (Lipinski definition) is 1. The van der Waals surface area contributed by atoms with Crippen molar-refractivity contribution in [2.75, 3.05) is 0 Å². The molecular formula is C9H12O2. The van der Waals surface area contributed by atoms with Gasteiger partial charge in [-0.1, -0.05) is 31.2 Å². The van der Waals surface area contributed by atoms with Gasteiger partial charge >= 0.3 is 0 Å². The molecule has 2 atom stereocenters. The average Bonchev–Trinajstić information content (AvgIpc) is 2.03. The summed E-state index contributed by atoms with van der Waals surface area (Å²) in [6, 6.07) is 8.04. The summed E-state index contributed by atoms with van der Waals surface area (Å²) >= 11 is 0. The third-order valence-corrected chi connectivity index (χ3v) is 2.28. The van der Waals surface area contributed by atoms with Gasteiger partial charge in [0.1, 0.15) is 0 Å². The molecule has 1 aliphatic carbocycles. The summed E-state index contributed by atoms with van der Waals surface area (Å²) in [4.78, 5) is 0. The molecular weight excluding hydrogens is 140 g/mol. The fraction of sp³-hybridized carbons (Fsp3) is 0.333. The predicted molar refractivity (Wildman–Crippen MR) is 43.4 cm³/mol. The molecule has 0 aliphatic heterocycles. The Morgan fingerprint density at radius 1 is 1.18 bits per heavy atom. The minimum atomic E-state index is -0.212. The molecule has 11 heavy (non-hydrogen) atoms. The second-order valence-corrected chi connectivity index (χ2v) is 2.86. The van der Waals surface area contributed by atoms with Crippen LogP contribution in [0.4, 0.5) is 0 Å². The predicted octanol–water partition coefficient (Wildman–Crippen LogP) is 1.01. The molecule has 1 aliphatic rings. The monoisotopic (exact) mass is 152 g/mol. The van der Waals surface area contributed by atoms with Crippen molar-refractivity contribution in [3.05, 3.63) is 35.4 Å². The third-order valence-electron chi connectivity index (χ3n) is 2.28. The van der Waals surface area contributed by atoms with Crippen molar-refractivity contribution >= 4 is 0 Å². The molecule has 0 bridgehead atoms. The zero-order chi connectivity index (χ0) is 7.14. The number of fused-ring (bicyclic) bond motifs is 1. The van der Waals surface area contributed by atoms with Crippen LogP contribution in [0.25, 0.3) is 0 Å². The smallest absolute Gasteiger partial charge is 0.0858 e. The Balaban J connectivity index is 0.000000605. The number of rotatable bonds is 0. The highest BCUT2D eigenvalue weighted by Crippen LogP contribution is 2.43. The molecule has 0 radical (unpaired) electrons. The standard InChI is InChI=1S/C9H10O.H2O/c1-6-7-4-2-3-5-8(7)9(6)10;/h2-6,9-10H,1H3;1H2. The summed E-state index contributed by atoms with van der Waals surface area (Å²) in [5.41, 5.74) is 2.41. The van der Waals surface area contributed by atoms with E-state index in [4.69, 9.17) is 0 Å². The van der Waals surface area contributed by atoms with E-state index < -0.39 is 0 Å². The molecule has 0 saturated heterocycles. The summed E-state index contributed by atoms with van der Waals surface area (Å²) in [6.07, 6.45) is -0.212. The second kappa shape index (κ2) is 2.64. The summed E-state index contributed by atoms with van der Waals surface area (Å²) in [5, 5.41) is 9.37. The molecule has 0 amide bonds. The molecule has 2 rings (SSSR count). The van der Waals surface area contributed by atoms with E-state index in [1.807, 2.05) is 25.1 Å². The molecule has 0 spiro atoms. The lowest BCUT2D eigenvalue weighted by Crippen LogP contribution is -2.20. The zero-order valence-corrected chi connectivity index (χ0v) is 6.41. The molecule has 2 unspecified atom stereocenters. The van der Waals surface area contributed by atoms with E-state index in [1.54, 1.807) is 0 Å². The van der Waals surface area contributed by atoms with Crippen LogP contribution in [-0.2, 0) is 0 Å². The van der Waals surface area contributed by atoms with Gasteiger partial charge in [-0.3, -0.25) is 0 Å². The van der Waals surface area contributed by atoms with Crippen LogP contribution in [0.5, 0.6) is 0 Å². The SMILES string of the molecule is CC1c2ccccc2C1O.O. The van der Waals surface area contributed by atoms with Crippen LogP contribution in [-0.4, -0.2) is 10.6 Å². The highest BCUT2D eigenvalue weighted by molar-refractivity contribution is 5.41. The molecule has 0 aromatic heterocycles. The van der Waals surface area contributed by atoms with Crippen molar-refractivity contribution in [2.45, 2.75) is 18.9 Å². The van der Waals surface area contributed by atoms with E-state index in [-0.39, 0.29) is 11.6 Å². The van der Waals surface area contributed by atoms with Gasteiger partial charge < -0.3 is 10.6 Å². The van der Waals surface area contributed by atoms with Crippen LogP contribution in [0.1, 0.15) is 30.1 Å². The van der Waals surface area contributed by atoms with Gasteiger partial charge in [-0.2, -0.15) is 0 Å². The van der Waals surface area contributed by atoms with Gasteiger partial charge in [-0.05, 0) is 11.1 Å². The van der Waals surface area contributed by atoms with Gasteiger partial charge in [0.25, 0.3) is 0 Å². The van der Waals surface area contributed by atoms with E-state index in [2.05, 4.69) is 6.07 Å². The molecule has 2 nitrogen and oxygen atoms in total. The Bertz CT molecular complexity index is 230. The highest BCUT2D eigenvalue weighted by Gasteiger charge is 2.31. The highest BCUT2D eigenvalue weighted by atomic mass is 16.3. The van der Waals surface area contributed by atoms with Crippen molar-refractivity contribution in [3.63, 3.8) is 0 Å². The normalized spacial score (nSPS) is 26.4. The maximum Gasteiger partial charge on any atom is 0.0858 e. The van der Waals surface area contributed by atoms with Crippen molar-refractivity contribution < 1.29 is 10.6 Å². The van der Waals surface area contributed by atoms with Gasteiger partial charge in [-0.15, -0.1) is 0 Å². The van der Waals surface area contributed by atoms with Crippen molar-refractivity contribution in [1.29, 1.82) is 0 Å². The van der Waals surface area contributed by atoms with Crippen LogP contribution in [0.15, 0.2) is 24.3 Å². The van der Waals surface area contributed by atoms with E-state index in [0.717, 1.165) is 5.56 Å². The number of aliphatic hydroxyl groups is 1. The number of hydrogen-bond donors (Lipinski definition) is 1. The van der Waals surface area contributed by atoms with E-state index >= 15 is 0 Å². The van der Waals surface area contributed by atoms with Gasteiger partial charge in [0.05, 0.1) is 6.10 Å². The number of benzene rings is 1. The fourth-order valence-electron chi connectivity index (χ4n) is 1.54. The Labute approximate surface area is 65.8 Å². The minimum absolute atomic E-state index is 0. The quantitative estimate of drug-likeness (QED) is 0.592. The molecule has 2 heteroatoms. The van der Waals surface area contributed by atoms with Gasteiger partial charge in [0, 0.05) is 5.92 Å². The van der Waals surface area contributed by atoms with Gasteiger partial charge in [-0.25, -0.2) is 0 Å². The summed E-state index contributed by atoms with van der Waals surface area (Å²) in [5.74, 6) is 0.344. The van der Waals surface area contributed by atoms with Crippen molar-refractivity contribution in [1.82, 2.24) is 0 Å². The van der Waals surface area contributed by atoms with E-state index in [9.17, 15) is 5.11 Å². The first-order chi connectivity index (χ1) is 4.80. The second-order valence-electron chi connectivity index (χ2n) is 2.86. The first-order valence-electron chi connectivity index (χ1n) is 3.57. The van der Waals surface area contributed by atoms with E-state index in [0.29, 0.717) is 5.92 Å². The van der Waals surface area contributed by atoms with Crippen LogP contribution in [0, 0.1) is 0 Å². The molecule has 3 N–H and O–H groups in total. The van der Waals surface area contributed by atoms with Crippen LogP contribution in [0.2, 0.25) is 0 Å². The lowest BCUT2D eigenvalue weighted by Gasteiger charge is -2.32. The summed E-state index contributed by atoms with van der Waals surface area (Å²) < 4.78 is 0. The van der Waals surface area contributed by atoms with Crippen molar-refractivity contribution in [2.24, 2.45) is 0 Å². The first kappa shape index (κ1) is 8.24. The Morgan fingerprint density at radius 2 is 1.73 bits per heavy atom. The molecule has 0 heterocycles.